The van der Waals surface area contributed by atoms with E-state index in [1.54, 1.807) is 13.8 Å². The van der Waals surface area contributed by atoms with Gasteiger partial charge in [0.25, 0.3) is 0 Å². The van der Waals surface area contributed by atoms with Gasteiger partial charge in [-0.05, 0) is 76.2 Å². The molecule has 1 aliphatic carbocycles. The van der Waals surface area contributed by atoms with Gasteiger partial charge < -0.3 is 20.3 Å². The van der Waals surface area contributed by atoms with Gasteiger partial charge in [-0.2, -0.15) is 0 Å². The second kappa shape index (κ2) is 5.74. The van der Waals surface area contributed by atoms with Gasteiger partial charge in [0.2, 0.25) is 5.95 Å². The number of nitrogens with zero attached hydrogens (tertiary/aromatic N) is 3. The van der Waals surface area contributed by atoms with Crippen LogP contribution in [0.1, 0.15) is 51.0 Å². The second-order valence-electron chi connectivity index (χ2n) is 8.16. The van der Waals surface area contributed by atoms with Gasteiger partial charge >= 0.3 is 0 Å². The van der Waals surface area contributed by atoms with E-state index < -0.39 is 5.60 Å². The molecule has 24 heavy (non-hydrogen) atoms. The fraction of sp³-hybridized carbons (Fsp3) is 0.632. The highest BCUT2D eigenvalue weighted by Crippen LogP contribution is 2.35. The molecule has 1 aliphatic heterocycles. The van der Waals surface area contributed by atoms with Crippen molar-refractivity contribution in [2.45, 2.75) is 63.6 Å². The molecule has 5 nitrogen and oxygen atoms in total. The Morgan fingerprint density at radius 1 is 1.21 bits per heavy atom. The molecule has 0 radical (unpaired) electrons. The van der Waals surface area contributed by atoms with Crippen molar-refractivity contribution in [3.63, 3.8) is 0 Å². The van der Waals surface area contributed by atoms with Crippen LogP contribution < -0.4 is 5.73 Å². The number of nitrogen functional groups attached to an aromatic ring is 1. The van der Waals surface area contributed by atoms with Crippen LogP contribution in [0.2, 0.25) is 0 Å². The van der Waals surface area contributed by atoms with Gasteiger partial charge in [0, 0.05) is 6.04 Å². The summed E-state index contributed by atoms with van der Waals surface area (Å²) in [4.78, 5) is 7.18. The van der Waals surface area contributed by atoms with Crippen molar-refractivity contribution in [1.82, 2.24) is 14.5 Å². The van der Waals surface area contributed by atoms with Gasteiger partial charge in [0.1, 0.15) is 0 Å². The SMILES string of the molecule is CC(C)(O)Cn1c(N)nc2cc(C3CCN(C4CC4)CC3)ccc21. The van der Waals surface area contributed by atoms with Crippen LogP contribution in [-0.2, 0) is 6.54 Å². The predicted octanol–water partition coefficient (Wildman–Crippen LogP) is 2.73. The van der Waals surface area contributed by atoms with Gasteiger partial charge in [0.15, 0.2) is 0 Å². The van der Waals surface area contributed by atoms with E-state index in [-0.39, 0.29) is 0 Å². The largest absolute Gasteiger partial charge is 0.389 e. The summed E-state index contributed by atoms with van der Waals surface area (Å²) < 4.78 is 1.91. The molecule has 0 bridgehead atoms. The first-order valence-electron chi connectivity index (χ1n) is 9.13. The van der Waals surface area contributed by atoms with Crippen LogP contribution in [0, 0.1) is 0 Å². The molecule has 1 saturated heterocycles. The number of hydrogen-bond acceptors (Lipinski definition) is 4. The van der Waals surface area contributed by atoms with Crippen molar-refractivity contribution < 1.29 is 5.11 Å². The summed E-state index contributed by atoms with van der Waals surface area (Å²) in [6.45, 7) is 6.49. The maximum Gasteiger partial charge on any atom is 0.201 e. The van der Waals surface area contributed by atoms with Crippen molar-refractivity contribution in [1.29, 1.82) is 0 Å². The van der Waals surface area contributed by atoms with E-state index in [4.69, 9.17) is 5.73 Å². The maximum atomic E-state index is 10.1. The van der Waals surface area contributed by atoms with E-state index in [2.05, 4.69) is 28.1 Å². The number of benzene rings is 1. The molecule has 2 aromatic rings. The average molecular weight is 328 g/mol. The fourth-order valence-corrected chi connectivity index (χ4v) is 4.01. The van der Waals surface area contributed by atoms with E-state index in [9.17, 15) is 5.11 Å². The Labute approximate surface area is 143 Å². The van der Waals surface area contributed by atoms with Gasteiger partial charge in [-0.25, -0.2) is 4.98 Å². The lowest BCUT2D eigenvalue weighted by Gasteiger charge is -2.32. The quantitative estimate of drug-likeness (QED) is 0.905. The van der Waals surface area contributed by atoms with Crippen LogP contribution >= 0.6 is 0 Å². The van der Waals surface area contributed by atoms with E-state index in [1.807, 2.05) is 4.57 Å². The minimum absolute atomic E-state index is 0.453. The first-order valence-corrected chi connectivity index (χ1v) is 9.13. The zero-order valence-corrected chi connectivity index (χ0v) is 14.7. The summed E-state index contributed by atoms with van der Waals surface area (Å²) in [7, 11) is 0. The highest BCUT2D eigenvalue weighted by atomic mass is 16.3. The minimum atomic E-state index is -0.809. The Kier molecular flexibility index (Phi) is 3.81. The molecule has 1 aromatic heterocycles. The smallest absolute Gasteiger partial charge is 0.201 e. The Hall–Kier alpha value is -1.59. The number of aromatic nitrogens is 2. The topological polar surface area (TPSA) is 67.3 Å². The summed E-state index contributed by atoms with van der Waals surface area (Å²) in [5.74, 6) is 1.11. The van der Waals surface area contributed by atoms with Crippen LogP contribution in [0.25, 0.3) is 11.0 Å². The predicted molar refractivity (Wildman–Crippen MR) is 97.0 cm³/mol. The Balaban J connectivity index is 1.55. The molecule has 0 unspecified atom stereocenters. The summed E-state index contributed by atoms with van der Waals surface area (Å²) in [6, 6.07) is 7.42. The van der Waals surface area contributed by atoms with Crippen LogP contribution in [0.4, 0.5) is 5.95 Å². The highest BCUT2D eigenvalue weighted by molar-refractivity contribution is 5.79. The molecular formula is C19H28N4O. The van der Waals surface area contributed by atoms with Crippen molar-refractivity contribution in [3.05, 3.63) is 23.8 Å². The summed E-state index contributed by atoms with van der Waals surface area (Å²) >= 11 is 0. The number of hydrogen-bond donors (Lipinski definition) is 2. The summed E-state index contributed by atoms with van der Waals surface area (Å²) in [6.07, 6.45) is 5.27. The Morgan fingerprint density at radius 3 is 2.54 bits per heavy atom. The third-order valence-electron chi connectivity index (χ3n) is 5.41. The molecule has 4 rings (SSSR count). The Bertz CT molecular complexity index is 734. The third-order valence-corrected chi connectivity index (χ3v) is 5.41. The molecule has 0 atom stereocenters. The molecule has 2 fully saturated rings. The van der Waals surface area contributed by atoms with Gasteiger partial charge in [0.05, 0.1) is 23.2 Å². The lowest BCUT2D eigenvalue weighted by atomic mass is 9.89. The van der Waals surface area contributed by atoms with Gasteiger partial charge in [-0.1, -0.05) is 6.07 Å². The molecule has 5 heteroatoms. The molecular weight excluding hydrogens is 300 g/mol. The van der Waals surface area contributed by atoms with Crippen LogP contribution in [0.5, 0.6) is 0 Å². The van der Waals surface area contributed by atoms with E-state index in [0.29, 0.717) is 18.4 Å². The number of fused-ring (bicyclic) bond motifs is 1. The molecule has 1 saturated carbocycles. The van der Waals surface area contributed by atoms with Crippen LogP contribution in [-0.4, -0.2) is 44.3 Å². The molecule has 3 N–H and O–H groups in total. The van der Waals surface area contributed by atoms with Gasteiger partial charge in [-0.15, -0.1) is 0 Å². The first kappa shape index (κ1) is 15.9. The zero-order valence-electron chi connectivity index (χ0n) is 14.7. The Morgan fingerprint density at radius 2 is 1.92 bits per heavy atom. The molecule has 0 spiro atoms. The van der Waals surface area contributed by atoms with Crippen LogP contribution in [0.15, 0.2) is 18.2 Å². The van der Waals surface area contributed by atoms with E-state index in [0.717, 1.165) is 17.1 Å². The number of likely N-dealkylation sites (tertiary alicyclic amines) is 1. The maximum absolute atomic E-state index is 10.1. The lowest BCUT2D eigenvalue weighted by Crippen LogP contribution is -2.34. The third kappa shape index (κ3) is 3.15. The van der Waals surface area contributed by atoms with E-state index in [1.165, 1.54) is 44.3 Å². The minimum Gasteiger partial charge on any atom is -0.389 e. The first-order chi connectivity index (χ1) is 11.4. The number of nitrogens with two attached hydrogens (primary N) is 1. The molecule has 0 amide bonds. The highest BCUT2D eigenvalue weighted by Gasteiger charge is 2.32. The molecule has 1 aromatic carbocycles. The monoisotopic (exact) mass is 328 g/mol. The average Bonchev–Trinajstić information content (AvgIpc) is 3.33. The number of rotatable bonds is 4. The van der Waals surface area contributed by atoms with Crippen molar-refractivity contribution in [3.8, 4) is 0 Å². The summed E-state index contributed by atoms with van der Waals surface area (Å²) in [5.41, 5.74) is 8.60. The normalized spacial score (nSPS) is 20.8. The lowest BCUT2D eigenvalue weighted by molar-refractivity contribution is 0.0633. The molecule has 2 aliphatic rings. The number of aliphatic hydroxyl groups is 1. The molecule has 130 valence electrons. The fourth-order valence-electron chi connectivity index (χ4n) is 4.01. The van der Waals surface area contributed by atoms with Crippen molar-refractivity contribution >= 4 is 17.0 Å². The second-order valence-corrected chi connectivity index (χ2v) is 8.16. The summed E-state index contributed by atoms with van der Waals surface area (Å²) in [5, 5.41) is 10.1. The molecule has 2 heterocycles. The standard InChI is InChI=1S/C19H28N4O/c1-19(2,24)12-23-17-6-3-14(11-16(17)21-18(23)20)13-7-9-22(10-8-13)15-4-5-15/h3,6,11,13,15,24H,4-5,7-10,12H2,1-2H3,(H2,20,21). The van der Waals surface area contributed by atoms with Crippen LogP contribution in [0.3, 0.4) is 0 Å². The van der Waals surface area contributed by atoms with E-state index >= 15 is 0 Å². The van der Waals surface area contributed by atoms with Gasteiger partial charge in [-0.3, -0.25) is 0 Å². The zero-order chi connectivity index (χ0) is 16.9. The number of imidazole rings is 1. The number of anilines is 1. The van der Waals surface area contributed by atoms with Crippen molar-refractivity contribution in [2.24, 2.45) is 0 Å². The van der Waals surface area contributed by atoms with Crippen molar-refractivity contribution in [2.75, 3.05) is 18.8 Å². The number of piperidine rings is 1.